The number of aromatic nitrogens is 3. The summed E-state index contributed by atoms with van der Waals surface area (Å²) >= 11 is 0. The minimum Gasteiger partial charge on any atom is -0.399 e. The zero-order chi connectivity index (χ0) is 11.5. The van der Waals surface area contributed by atoms with Gasteiger partial charge in [0.2, 0.25) is 5.95 Å². The van der Waals surface area contributed by atoms with Crippen LogP contribution in [0.4, 0.5) is 11.6 Å². The summed E-state index contributed by atoms with van der Waals surface area (Å²) < 4.78 is 1.30. The Balaban J connectivity index is 2.02. The molecule has 1 aromatic carbocycles. The van der Waals surface area contributed by atoms with E-state index in [4.69, 9.17) is 17.3 Å². The Morgan fingerprint density at radius 1 is 1.00 bits per heavy atom. The van der Waals surface area contributed by atoms with Crippen molar-refractivity contribution in [3.05, 3.63) is 35.7 Å². The summed E-state index contributed by atoms with van der Waals surface area (Å²) in [5, 5.41) is 7.57. The predicted octanol–water partition coefficient (Wildman–Crippen LogP) is -0.0585. The van der Waals surface area contributed by atoms with E-state index < -0.39 is 0 Å². The Hall–Kier alpha value is -2.24. The van der Waals surface area contributed by atoms with Gasteiger partial charge in [-0.15, -0.1) is 10.2 Å². The minimum absolute atomic E-state index is 0.229. The van der Waals surface area contributed by atoms with E-state index >= 15 is 0 Å². The second kappa shape index (κ2) is 4.09. The monoisotopic (exact) mass is 218 g/mol. The van der Waals surface area contributed by atoms with Crippen LogP contribution < -0.4 is 17.3 Å². The van der Waals surface area contributed by atoms with E-state index in [1.165, 1.54) is 10.2 Å². The third-order valence-corrected chi connectivity index (χ3v) is 2.41. The lowest BCUT2D eigenvalue weighted by atomic mass is 10.1. The van der Waals surface area contributed by atoms with Crippen LogP contribution in [-0.4, -0.2) is 14.9 Å². The van der Waals surface area contributed by atoms with Gasteiger partial charge in [-0.25, -0.2) is 4.68 Å². The number of nitrogen functional groups attached to an aromatic ring is 3. The first-order valence-corrected chi connectivity index (χ1v) is 4.96. The van der Waals surface area contributed by atoms with Crippen molar-refractivity contribution < 1.29 is 0 Å². The molecule has 16 heavy (non-hydrogen) atoms. The fourth-order valence-corrected chi connectivity index (χ4v) is 1.45. The van der Waals surface area contributed by atoms with Crippen LogP contribution in [-0.2, 0) is 12.8 Å². The third-order valence-electron chi connectivity index (χ3n) is 2.41. The summed E-state index contributed by atoms with van der Waals surface area (Å²) in [4.78, 5) is 0. The fourth-order valence-electron chi connectivity index (χ4n) is 1.45. The van der Waals surface area contributed by atoms with Crippen molar-refractivity contribution in [2.24, 2.45) is 0 Å². The molecule has 0 aliphatic rings. The summed E-state index contributed by atoms with van der Waals surface area (Å²) in [5.74, 6) is 6.54. The van der Waals surface area contributed by atoms with Crippen molar-refractivity contribution in [1.29, 1.82) is 0 Å². The molecule has 0 fully saturated rings. The second-order valence-corrected chi connectivity index (χ2v) is 3.59. The van der Waals surface area contributed by atoms with Gasteiger partial charge in [-0.1, -0.05) is 12.1 Å². The van der Waals surface area contributed by atoms with Gasteiger partial charge in [0.25, 0.3) is 0 Å². The maximum atomic E-state index is 5.64. The van der Waals surface area contributed by atoms with Gasteiger partial charge < -0.3 is 17.3 Å². The lowest BCUT2D eigenvalue weighted by molar-refractivity contribution is 0.805. The maximum Gasteiger partial charge on any atom is 0.240 e. The summed E-state index contributed by atoms with van der Waals surface area (Å²) in [6.07, 6.45) is 1.53. The number of hydrogen-bond acceptors (Lipinski definition) is 5. The van der Waals surface area contributed by atoms with Crippen LogP contribution in [0.2, 0.25) is 0 Å². The highest BCUT2D eigenvalue weighted by Gasteiger charge is 2.06. The molecule has 2 aromatic rings. The molecule has 0 saturated heterocycles. The highest BCUT2D eigenvalue weighted by atomic mass is 15.4. The average Bonchev–Trinajstić information content (AvgIpc) is 2.60. The van der Waals surface area contributed by atoms with Gasteiger partial charge in [0.1, 0.15) is 0 Å². The molecule has 0 bridgehead atoms. The van der Waals surface area contributed by atoms with Crippen LogP contribution in [0.15, 0.2) is 24.3 Å². The highest BCUT2D eigenvalue weighted by molar-refractivity contribution is 5.39. The number of anilines is 2. The van der Waals surface area contributed by atoms with E-state index in [1.807, 2.05) is 24.3 Å². The third kappa shape index (κ3) is 2.05. The summed E-state index contributed by atoms with van der Waals surface area (Å²) in [5.41, 5.74) is 13.0. The van der Waals surface area contributed by atoms with Crippen LogP contribution in [0.1, 0.15) is 11.4 Å². The molecule has 0 aliphatic carbocycles. The number of aryl methyl sites for hydroxylation is 2. The van der Waals surface area contributed by atoms with Gasteiger partial charge in [-0.3, -0.25) is 0 Å². The second-order valence-electron chi connectivity index (χ2n) is 3.59. The molecule has 0 aliphatic heterocycles. The topological polar surface area (TPSA) is 109 Å². The number of nitrogens with two attached hydrogens (primary N) is 3. The molecule has 6 heteroatoms. The van der Waals surface area contributed by atoms with E-state index in [1.54, 1.807) is 0 Å². The Kier molecular flexibility index (Phi) is 2.63. The first kappa shape index (κ1) is 10.3. The molecule has 0 radical (unpaired) electrons. The molecule has 1 heterocycles. The number of rotatable bonds is 3. The quantitative estimate of drug-likeness (QED) is 0.494. The Labute approximate surface area is 93.0 Å². The van der Waals surface area contributed by atoms with Gasteiger partial charge in [0.15, 0.2) is 5.82 Å². The van der Waals surface area contributed by atoms with E-state index in [-0.39, 0.29) is 5.95 Å². The molecule has 1 aromatic heterocycles. The summed E-state index contributed by atoms with van der Waals surface area (Å²) in [6.45, 7) is 0. The summed E-state index contributed by atoms with van der Waals surface area (Å²) in [7, 11) is 0. The van der Waals surface area contributed by atoms with E-state index in [9.17, 15) is 0 Å². The smallest absolute Gasteiger partial charge is 0.240 e. The van der Waals surface area contributed by atoms with Crippen molar-refractivity contribution >= 4 is 11.6 Å². The largest absolute Gasteiger partial charge is 0.399 e. The van der Waals surface area contributed by atoms with Gasteiger partial charge >= 0.3 is 0 Å². The molecule has 0 spiro atoms. The predicted molar refractivity (Wildman–Crippen MR) is 62.8 cm³/mol. The average molecular weight is 218 g/mol. The molecular weight excluding hydrogens is 204 g/mol. The van der Waals surface area contributed by atoms with Crippen LogP contribution in [0.5, 0.6) is 0 Å². The van der Waals surface area contributed by atoms with Gasteiger partial charge in [0.05, 0.1) is 0 Å². The van der Waals surface area contributed by atoms with E-state index in [2.05, 4.69) is 10.2 Å². The van der Waals surface area contributed by atoms with Crippen LogP contribution in [0.3, 0.4) is 0 Å². The standard InChI is InChI=1S/C10H14N6/c11-8-4-1-7(2-5-8)3-6-9-14-15-10(12)16(9)13/h1-2,4-5H,3,6,11,13H2,(H2,12,15). The maximum absolute atomic E-state index is 5.64. The zero-order valence-electron chi connectivity index (χ0n) is 8.80. The Morgan fingerprint density at radius 3 is 2.25 bits per heavy atom. The number of nitrogens with zero attached hydrogens (tertiary/aromatic N) is 3. The molecular formula is C10H14N6. The van der Waals surface area contributed by atoms with Crippen molar-refractivity contribution in [1.82, 2.24) is 14.9 Å². The molecule has 2 rings (SSSR count). The van der Waals surface area contributed by atoms with Gasteiger partial charge in [0, 0.05) is 12.1 Å². The van der Waals surface area contributed by atoms with Crippen molar-refractivity contribution in [2.45, 2.75) is 12.8 Å². The number of benzene rings is 1. The number of hydrogen-bond donors (Lipinski definition) is 3. The van der Waals surface area contributed by atoms with Crippen LogP contribution in [0.25, 0.3) is 0 Å². The molecule has 84 valence electrons. The van der Waals surface area contributed by atoms with E-state index in [0.29, 0.717) is 12.2 Å². The fraction of sp³-hybridized carbons (Fsp3) is 0.200. The van der Waals surface area contributed by atoms with Crippen LogP contribution in [0, 0.1) is 0 Å². The highest BCUT2D eigenvalue weighted by Crippen LogP contribution is 2.09. The van der Waals surface area contributed by atoms with Crippen LogP contribution >= 0.6 is 0 Å². The molecule has 0 unspecified atom stereocenters. The molecule has 0 saturated carbocycles. The normalized spacial score (nSPS) is 10.5. The molecule has 6 N–H and O–H groups in total. The first-order valence-electron chi connectivity index (χ1n) is 4.96. The van der Waals surface area contributed by atoms with Gasteiger partial charge in [-0.2, -0.15) is 0 Å². The SMILES string of the molecule is Nc1ccc(CCc2nnc(N)n2N)cc1. The van der Waals surface area contributed by atoms with Crippen molar-refractivity contribution in [3.8, 4) is 0 Å². The first-order chi connectivity index (χ1) is 7.66. The Morgan fingerprint density at radius 2 is 1.69 bits per heavy atom. The van der Waals surface area contributed by atoms with E-state index in [0.717, 1.165) is 12.1 Å². The molecule has 0 amide bonds. The zero-order valence-corrected chi connectivity index (χ0v) is 8.80. The van der Waals surface area contributed by atoms with Crippen molar-refractivity contribution in [2.75, 3.05) is 17.3 Å². The lowest BCUT2D eigenvalue weighted by Crippen LogP contribution is -2.16. The van der Waals surface area contributed by atoms with Gasteiger partial charge in [-0.05, 0) is 24.1 Å². The Bertz CT molecular complexity index is 473. The molecule has 6 nitrogen and oxygen atoms in total. The summed E-state index contributed by atoms with van der Waals surface area (Å²) in [6, 6.07) is 7.71. The minimum atomic E-state index is 0.229. The lowest BCUT2D eigenvalue weighted by Gasteiger charge is -2.02. The molecule has 0 atom stereocenters. The van der Waals surface area contributed by atoms with Crippen molar-refractivity contribution in [3.63, 3.8) is 0 Å².